The van der Waals surface area contributed by atoms with E-state index < -0.39 is 0 Å². The molecule has 1 aromatic rings. The molecule has 2 aliphatic heterocycles. The molecule has 1 aromatic heterocycles. The second-order valence-corrected chi connectivity index (χ2v) is 5.95. The van der Waals surface area contributed by atoms with Crippen molar-refractivity contribution >= 4 is 17.8 Å². The van der Waals surface area contributed by atoms with E-state index >= 15 is 0 Å². The second kappa shape index (κ2) is 5.98. The summed E-state index contributed by atoms with van der Waals surface area (Å²) in [6, 6.07) is 0.547. The van der Waals surface area contributed by atoms with Gasteiger partial charge in [-0.05, 0) is 33.4 Å². The Hall–Kier alpha value is -1.67. The van der Waals surface area contributed by atoms with Crippen LogP contribution in [0, 0.1) is 0 Å². The summed E-state index contributed by atoms with van der Waals surface area (Å²) in [5.74, 6) is 7.41. The first-order valence-corrected chi connectivity index (χ1v) is 7.56. The van der Waals surface area contributed by atoms with Crippen molar-refractivity contribution in [2.45, 2.75) is 25.3 Å². The topological polar surface area (TPSA) is 86.4 Å². The maximum absolute atomic E-state index is 5.51. The lowest BCUT2D eigenvalue weighted by Crippen LogP contribution is -2.32. The lowest BCUT2D eigenvalue weighted by Gasteiger charge is -2.22. The second-order valence-electron chi connectivity index (χ2n) is 5.95. The van der Waals surface area contributed by atoms with Crippen LogP contribution >= 0.6 is 0 Å². The van der Waals surface area contributed by atoms with Crippen molar-refractivity contribution in [2.75, 3.05) is 55.5 Å². The number of anilines is 3. The van der Waals surface area contributed by atoms with E-state index in [2.05, 4.69) is 49.2 Å². The van der Waals surface area contributed by atoms with Crippen molar-refractivity contribution in [2.24, 2.45) is 5.84 Å². The molecule has 3 rings (SSSR count). The molecular formula is C13H24N8. The first-order valence-electron chi connectivity index (χ1n) is 7.56. The third-order valence-electron chi connectivity index (χ3n) is 4.31. The number of nitrogen functional groups attached to an aromatic ring is 1. The van der Waals surface area contributed by atoms with Crippen molar-refractivity contribution in [3.05, 3.63) is 0 Å². The number of nitrogens with zero attached hydrogens (tertiary/aromatic N) is 6. The molecule has 2 saturated heterocycles. The molecule has 0 radical (unpaired) electrons. The fourth-order valence-corrected chi connectivity index (χ4v) is 2.96. The Labute approximate surface area is 125 Å². The van der Waals surface area contributed by atoms with Gasteiger partial charge >= 0.3 is 0 Å². The predicted molar refractivity (Wildman–Crippen MR) is 83.4 cm³/mol. The van der Waals surface area contributed by atoms with E-state index in [1.165, 1.54) is 12.8 Å². The normalized spacial score (nSPS) is 22.4. The van der Waals surface area contributed by atoms with Crippen LogP contribution in [0.15, 0.2) is 0 Å². The minimum atomic E-state index is 0.440. The van der Waals surface area contributed by atoms with Gasteiger partial charge in [0.25, 0.3) is 0 Å². The zero-order chi connectivity index (χ0) is 14.8. The third kappa shape index (κ3) is 3.01. The Morgan fingerprint density at radius 3 is 2.29 bits per heavy atom. The van der Waals surface area contributed by atoms with Gasteiger partial charge in [0.15, 0.2) is 0 Å². The first kappa shape index (κ1) is 14.3. The predicted octanol–water partition coefficient (Wildman–Crippen LogP) is -0.102. The fourth-order valence-electron chi connectivity index (χ4n) is 2.96. The van der Waals surface area contributed by atoms with Crippen LogP contribution < -0.4 is 21.1 Å². The standard InChI is InChI=1S/C13H24N8/c1-19(2)10-5-8-21(9-10)13-16-11(18-14)15-12(17-13)20-6-3-4-7-20/h10H,3-9,14H2,1-2H3,(H,15,16,17,18). The van der Waals surface area contributed by atoms with Crippen molar-refractivity contribution < 1.29 is 0 Å². The Morgan fingerprint density at radius 1 is 1.05 bits per heavy atom. The Bertz CT molecular complexity index is 485. The van der Waals surface area contributed by atoms with E-state index in [1.54, 1.807) is 0 Å². The van der Waals surface area contributed by atoms with Crippen molar-refractivity contribution in [3.8, 4) is 0 Å². The number of nitrogens with one attached hydrogen (secondary N) is 1. The molecular weight excluding hydrogens is 268 g/mol. The van der Waals surface area contributed by atoms with Crippen molar-refractivity contribution in [1.82, 2.24) is 19.9 Å². The van der Waals surface area contributed by atoms with Gasteiger partial charge < -0.3 is 14.7 Å². The molecule has 0 aromatic carbocycles. The van der Waals surface area contributed by atoms with E-state index in [0.29, 0.717) is 12.0 Å². The van der Waals surface area contributed by atoms with Crippen molar-refractivity contribution in [3.63, 3.8) is 0 Å². The molecule has 0 spiro atoms. The fraction of sp³-hybridized carbons (Fsp3) is 0.769. The smallest absolute Gasteiger partial charge is 0.243 e. The van der Waals surface area contributed by atoms with Crippen LogP contribution in [-0.4, -0.2) is 66.2 Å². The largest absolute Gasteiger partial charge is 0.341 e. The molecule has 8 nitrogen and oxygen atoms in total. The number of rotatable bonds is 4. The van der Waals surface area contributed by atoms with Gasteiger partial charge in [0.2, 0.25) is 17.8 Å². The highest BCUT2D eigenvalue weighted by Crippen LogP contribution is 2.23. The third-order valence-corrected chi connectivity index (χ3v) is 4.31. The molecule has 1 unspecified atom stereocenters. The SMILES string of the molecule is CN(C)C1CCN(c2nc(NN)nc(N3CCCC3)n2)C1. The summed E-state index contributed by atoms with van der Waals surface area (Å²) in [6.45, 7) is 3.93. The lowest BCUT2D eigenvalue weighted by atomic mass is 10.2. The maximum atomic E-state index is 5.51. The number of likely N-dealkylation sites (N-methyl/N-ethyl adjacent to an activating group) is 1. The minimum Gasteiger partial charge on any atom is -0.341 e. The monoisotopic (exact) mass is 292 g/mol. The Balaban J connectivity index is 1.82. The first-order chi connectivity index (χ1) is 10.2. The number of hydrogen-bond donors (Lipinski definition) is 2. The summed E-state index contributed by atoms with van der Waals surface area (Å²) in [5, 5.41) is 0. The van der Waals surface area contributed by atoms with Crippen molar-refractivity contribution in [1.29, 1.82) is 0 Å². The van der Waals surface area contributed by atoms with Gasteiger partial charge in [-0.15, -0.1) is 0 Å². The highest BCUT2D eigenvalue weighted by atomic mass is 15.4. The Kier molecular flexibility index (Phi) is 4.07. The molecule has 21 heavy (non-hydrogen) atoms. The zero-order valence-corrected chi connectivity index (χ0v) is 12.8. The number of hydrazine groups is 1. The summed E-state index contributed by atoms with van der Waals surface area (Å²) in [7, 11) is 4.23. The molecule has 0 amide bonds. The molecule has 8 heteroatoms. The average Bonchev–Trinajstić information content (AvgIpc) is 3.18. The quantitative estimate of drug-likeness (QED) is 0.587. The minimum absolute atomic E-state index is 0.440. The summed E-state index contributed by atoms with van der Waals surface area (Å²) in [5.41, 5.74) is 2.56. The molecule has 0 saturated carbocycles. The maximum Gasteiger partial charge on any atom is 0.243 e. The van der Waals surface area contributed by atoms with Gasteiger partial charge in [0, 0.05) is 32.2 Å². The summed E-state index contributed by atoms with van der Waals surface area (Å²) < 4.78 is 0. The van der Waals surface area contributed by atoms with Gasteiger partial charge in [0.1, 0.15) is 0 Å². The van der Waals surface area contributed by atoms with Crippen LogP contribution in [0.4, 0.5) is 17.8 Å². The number of aromatic nitrogens is 3. The molecule has 3 heterocycles. The lowest BCUT2D eigenvalue weighted by molar-refractivity contribution is 0.315. The van der Waals surface area contributed by atoms with Gasteiger partial charge in [-0.2, -0.15) is 15.0 Å². The molecule has 2 fully saturated rings. The van der Waals surface area contributed by atoms with Gasteiger partial charge in [-0.25, -0.2) is 5.84 Å². The molecule has 3 N–H and O–H groups in total. The summed E-state index contributed by atoms with van der Waals surface area (Å²) >= 11 is 0. The van der Waals surface area contributed by atoms with Crippen LogP contribution in [0.1, 0.15) is 19.3 Å². The van der Waals surface area contributed by atoms with E-state index in [-0.39, 0.29) is 0 Å². The van der Waals surface area contributed by atoms with Gasteiger partial charge in [-0.1, -0.05) is 0 Å². The van der Waals surface area contributed by atoms with Gasteiger partial charge in [-0.3, -0.25) is 5.43 Å². The van der Waals surface area contributed by atoms with Gasteiger partial charge in [0.05, 0.1) is 0 Å². The van der Waals surface area contributed by atoms with E-state index in [1.807, 2.05) is 0 Å². The van der Waals surface area contributed by atoms with Crippen LogP contribution in [0.25, 0.3) is 0 Å². The van der Waals surface area contributed by atoms with Crippen LogP contribution in [0.5, 0.6) is 0 Å². The molecule has 1 atom stereocenters. The highest BCUT2D eigenvalue weighted by molar-refractivity contribution is 5.46. The summed E-state index contributed by atoms with van der Waals surface area (Å²) in [4.78, 5) is 20.1. The highest BCUT2D eigenvalue weighted by Gasteiger charge is 2.27. The molecule has 0 aliphatic carbocycles. The molecule has 2 aliphatic rings. The average molecular weight is 292 g/mol. The zero-order valence-electron chi connectivity index (χ0n) is 12.8. The van der Waals surface area contributed by atoms with Crippen LogP contribution in [0.2, 0.25) is 0 Å². The van der Waals surface area contributed by atoms with E-state index in [4.69, 9.17) is 5.84 Å². The Morgan fingerprint density at radius 2 is 1.71 bits per heavy atom. The van der Waals surface area contributed by atoms with E-state index in [0.717, 1.165) is 44.5 Å². The summed E-state index contributed by atoms with van der Waals surface area (Å²) in [6.07, 6.45) is 3.51. The van der Waals surface area contributed by atoms with E-state index in [9.17, 15) is 0 Å². The molecule has 116 valence electrons. The number of nitrogens with two attached hydrogens (primary N) is 1. The number of hydrogen-bond acceptors (Lipinski definition) is 8. The van der Waals surface area contributed by atoms with Crippen LogP contribution in [0.3, 0.4) is 0 Å². The van der Waals surface area contributed by atoms with Crippen LogP contribution in [-0.2, 0) is 0 Å². The molecule has 0 bridgehead atoms.